The van der Waals surface area contributed by atoms with Gasteiger partial charge in [0, 0.05) is 23.6 Å². The van der Waals surface area contributed by atoms with Crippen molar-refractivity contribution in [1.29, 1.82) is 0 Å². The summed E-state index contributed by atoms with van der Waals surface area (Å²) >= 11 is 0. The first kappa shape index (κ1) is 15.3. The van der Waals surface area contributed by atoms with E-state index in [0.29, 0.717) is 11.1 Å². The lowest BCUT2D eigenvalue weighted by molar-refractivity contribution is 0.0993. The summed E-state index contributed by atoms with van der Waals surface area (Å²) < 4.78 is 15.1. The second kappa shape index (κ2) is 6.32. The molecule has 3 aromatic carbocycles. The highest BCUT2D eigenvalue weighted by atomic mass is 19.1. The molecule has 1 aromatic heterocycles. The summed E-state index contributed by atoms with van der Waals surface area (Å²) in [6.07, 6.45) is 2.06. The van der Waals surface area contributed by atoms with Crippen LogP contribution in [0.3, 0.4) is 0 Å². The largest absolute Gasteiger partial charge is 0.294 e. The van der Waals surface area contributed by atoms with Gasteiger partial charge in [0.2, 0.25) is 0 Å². The number of carbonyl (C=O) groups excluding carboxylic acids is 1. The van der Waals surface area contributed by atoms with Crippen molar-refractivity contribution in [2.75, 3.05) is 0 Å². The minimum atomic E-state index is -0.292. The number of aromatic nitrogens is 2. The molecular formula is C21H15FN2O. The highest BCUT2D eigenvalue weighted by molar-refractivity contribution is 5.97. The molecule has 4 rings (SSSR count). The normalized spacial score (nSPS) is 10.9. The van der Waals surface area contributed by atoms with Crippen molar-refractivity contribution in [3.63, 3.8) is 0 Å². The van der Waals surface area contributed by atoms with Crippen LogP contribution in [0.1, 0.15) is 15.9 Å². The fraction of sp³-hybridized carbons (Fsp3) is 0.0476. The molecule has 0 bridgehead atoms. The van der Waals surface area contributed by atoms with Gasteiger partial charge in [-0.15, -0.1) is 0 Å². The molecule has 3 nitrogen and oxygen atoms in total. The number of carbonyl (C=O) groups is 1. The van der Waals surface area contributed by atoms with Crippen LogP contribution >= 0.6 is 0 Å². The molecule has 0 fully saturated rings. The van der Waals surface area contributed by atoms with E-state index in [4.69, 9.17) is 0 Å². The highest BCUT2D eigenvalue weighted by Gasteiger charge is 2.12. The lowest BCUT2D eigenvalue weighted by atomic mass is 10.0. The molecule has 0 aliphatic heterocycles. The zero-order valence-electron chi connectivity index (χ0n) is 13.4. The Morgan fingerprint density at radius 3 is 2.56 bits per heavy atom. The number of halogens is 1. The number of ketones is 1. The molecule has 122 valence electrons. The molecule has 0 aliphatic rings. The minimum Gasteiger partial charge on any atom is -0.294 e. The molecule has 0 unspecified atom stereocenters. The van der Waals surface area contributed by atoms with E-state index in [1.807, 2.05) is 54.6 Å². The molecule has 0 aliphatic carbocycles. The van der Waals surface area contributed by atoms with Crippen LogP contribution in [-0.4, -0.2) is 15.6 Å². The summed E-state index contributed by atoms with van der Waals surface area (Å²) in [5, 5.41) is 5.23. The van der Waals surface area contributed by atoms with Gasteiger partial charge in [-0.05, 0) is 29.8 Å². The van der Waals surface area contributed by atoms with Crippen LogP contribution in [-0.2, 0) is 6.42 Å². The summed E-state index contributed by atoms with van der Waals surface area (Å²) in [7, 11) is 0. The van der Waals surface area contributed by atoms with E-state index in [2.05, 4.69) is 5.10 Å². The number of benzene rings is 3. The van der Waals surface area contributed by atoms with E-state index >= 15 is 0 Å². The van der Waals surface area contributed by atoms with Crippen molar-refractivity contribution >= 4 is 16.7 Å². The number of hydrogen-bond donors (Lipinski definition) is 0. The van der Waals surface area contributed by atoms with Gasteiger partial charge < -0.3 is 0 Å². The van der Waals surface area contributed by atoms with Gasteiger partial charge in [-0.3, -0.25) is 4.79 Å². The van der Waals surface area contributed by atoms with Gasteiger partial charge in [0.1, 0.15) is 5.82 Å². The van der Waals surface area contributed by atoms with Gasteiger partial charge in [0.25, 0.3) is 0 Å². The molecule has 25 heavy (non-hydrogen) atoms. The minimum absolute atomic E-state index is 0.0517. The third kappa shape index (κ3) is 3.06. The van der Waals surface area contributed by atoms with Gasteiger partial charge in [-0.2, -0.15) is 5.10 Å². The molecule has 0 saturated heterocycles. The van der Waals surface area contributed by atoms with Gasteiger partial charge >= 0.3 is 0 Å². The maximum absolute atomic E-state index is 13.4. The SMILES string of the molecule is O=C(Cc1ccccc1-n1cc2cc(F)ccc2n1)c1ccccc1. The second-order valence-electron chi connectivity index (χ2n) is 5.87. The molecule has 0 amide bonds. The Morgan fingerprint density at radius 1 is 0.960 bits per heavy atom. The van der Waals surface area contributed by atoms with Gasteiger partial charge in [0.15, 0.2) is 5.78 Å². The summed E-state index contributed by atoms with van der Waals surface area (Å²) in [4.78, 5) is 12.5. The van der Waals surface area contributed by atoms with Crippen molar-refractivity contribution in [1.82, 2.24) is 9.78 Å². The molecule has 4 aromatic rings. The van der Waals surface area contributed by atoms with Crippen molar-refractivity contribution in [2.45, 2.75) is 6.42 Å². The molecule has 0 spiro atoms. The number of para-hydroxylation sites is 1. The zero-order chi connectivity index (χ0) is 17.2. The number of fused-ring (bicyclic) bond motifs is 1. The first-order valence-corrected chi connectivity index (χ1v) is 8.02. The zero-order valence-corrected chi connectivity index (χ0v) is 13.4. The number of rotatable bonds is 4. The van der Waals surface area contributed by atoms with E-state index < -0.39 is 0 Å². The van der Waals surface area contributed by atoms with Gasteiger partial charge in [-0.1, -0.05) is 48.5 Å². The lowest BCUT2D eigenvalue weighted by Gasteiger charge is -2.09. The second-order valence-corrected chi connectivity index (χ2v) is 5.87. The predicted octanol–water partition coefficient (Wildman–Crippen LogP) is 4.59. The van der Waals surface area contributed by atoms with E-state index in [-0.39, 0.29) is 18.0 Å². The van der Waals surface area contributed by atoms with Crippen LogP contribution < -0.4 is 0 Å². The van der Waals surface area contributed by atoms with Gasteiger partial charge in [-0.25, -0.2) is 9.07 Å². The number of Topliss-reactive ketones (excluding diaryl/α,β-unsaturated/α-hetero) is 1. The fourth-order valence-corrected chi connectivity index (χ4v) is 2.90. The van der Waals surface area contributed by atoms with Crippen LogP contribution in [0.5, 0.6) is 0 Å². The molecule has 0 atom stereocenters. The van der Waals surface area contributed by atoms with Crippen molar-refractivity contribution in [3.05, 3.63) is 95.9 Å². The van der Waals surface area contributed by atoms with Crippen molar-refractivity contribution in [2.24, 2.45) is 0 Å². The predicted molar refractivity (Wildman–Crippen MR) is 95.5 cm³/mol. The monoisotopic (exact) mass is 330 g/mol. The first-order valence-electron chi connectivity index (χ1n) is 8.02. The van der Waals surface area contributed by atoms with Crippen LogP contribution in [0.25, 0.3) is 16.6 Å². The van der Waals surface area contributed by atoms with Gasteiger partial charge in [0.05, 0.1) is 11.2 Å². The summed E-state index contributed by atoms with van der Waals surface area (Å²) in [6.45, 7) is 0. The fourth-order valence-electron chi connectivity index (χ4n) is 2.90. The van der Waals surface area contributed by atoms with Crippen molar-refractivity contribution < 1.29 is 9.18 Å². The van der Waals surface area contributed by atoms with E-state index in [0.717, 1.165) is 16.6 Å². The van der Waals surface area contributed by atoms with Crippen molar-refractivity contribution in [3.8, 4) is 5.69 Å². The Balaban J connectivity index is 1.72. The number of nitrogens with zero attached hydrogens (tertiary/aromatic N) is 2. The number of hydrogen-bond acceptors (Lipinski definition) is 2. The van der Waals surface area contributed by atoms with E-state index in [1.54, 1.807) is 16.9 Å². The summed E-state index contributed by atoms with van der Waals surface area (Å²) in [5.41, 5.74) is 3.10. The lowest BCUT2D eigenvalue weighted by Crippen LogP contribution is -2.07. The maximum atomic E-state index is 13.4. The summed E-state index contributed by atoms with van der Waals surface area (Å²) in [6, 6.07) is 21.4. The standard InChI is InChI=1S/C21H15FN2O/c22-18-10-11-19-17(12-18)14-24(23-19)20-9-5-4-8-16(20)13-21(25)15-6-2-1-3-7-15/h1-12,14H,13H2. The smallest absolute Gasteiger partial charge is 0.167 e. The van der Waals surface area contributed by atoms with Crippen LogP contribution in [0.15, 0.2) is 79.0 Å². The summed E-state index contributed by atoms with van der Waals surface area (Å²) in [5.74, 6) is -0.240. The topological polar surface area (TPSA) is 34.9 Å². The molecule has 4 heteroatoms. The molecule has 0 saturated carbocycles. The molecule has 0 radical (unpaired) electrons. The quantitative estimate of drug-likeness (QED) is 0.513. The Morgan fingerprint density at radius 2 is 1.72 bits per heavy atom. The Labute approximate surface area is 144 Å². The van der Waals surface area contributed by atoms with Crippen LogP contribution in [0, 0.1) is 5.82 Å². The first-order chi connectivity index (χ1) is 12.2. The molecule has 0 N–H and O–H groups in total. The Kier molecular flexibility index (Phi) is 3.86. The molecular weight excluding hydrogens is 315 g/mol. The average Bonchev–Trinajstić information content (AvgIpc) is 3.06. The maximum Gasteiger partial charge on any atom is 0.167 e. The van der Waals surface area contributed by atoms with Crippen LogP contribution in [0.4, 0.5) is 4.39 Å². The third-order valence-corrected chi connectivity index (χ3v) is 4.15. The third-order valence-electron chi connectivity index (χ3n) is 4.15. The highest BCUT2D eigenvalue weighted by Crippen LogP contribution is 2.21. The van der Waals surface area contributed by atoms with Crippen LogP contribution in [0.2, 0.25) is 0 Å². The average molecular weight is 330 g/mol. The molecule has 1 heterocycles. The Hall–Kier alpha value is -3.27. The van der Waals surface area contributed by atoms with E-state index in [1.165, 1.54) is 12.1 Å². The van der Waals surface area contributed by atoms with E-state index in [9.17, 15) is 9.18 Å². The Bertz CT molecular complexity index is 1050.